The Morgan fingerprint density at radius 2 is 1.39 bits per heavy atom. The van der Waals surface area contributed by atoms with Crippen LogP contribution in [-0.2, 0) is 23.6 Å². The normalized spacial score (nSPS) is 13.0. The average Bonchev–Trinajstić information content (AvgIpc) is 2.78. The van der Waals surface area contributed by atoms with Crippen LogP contribution in [0.15, 0.2) is 60.7 Å². The Labute approximate surface area is 191 Å². The van der Waals surface area contributed by atoms with Crippen molar-refractivity contribution in [3.8, 4) is 11.5 Å². The summed E-state index contributed by atoms with van der Waals surface area (Å²) in [6, 6.07) is 16.6. The smallest absolute Gasteiger partial charge is 0.446 e. The van der Waals surface area contributed by atoms with E-state index in [-0.39, 0.29) is 11.5 Å². The minimum Gasteiger partial charge on any atom is -0.468 e. The van der Waals surface area contributed by atoms with Crippen molar-refractivity contribution >= 4 is 43.9 Å². The molecule has 0 radical (unpaired) electrons. The summed E-state index contributed by atoms with van der Waals surface area (Å²) >= 11 is 5.29. The molecule has 0 aromatic heterocycles. The summed E-state index contributed by atoms with van der Waals surface area (Å²) < 4.78 is 35.5. The van der Waals surface area contributed by atoms with Crippen LogP contribution in [0, 0.1) is 0 Å². The lowest BCUT2D eigenvalue weighted by atomic mass is 10.3. The van der Waals surface area contributed by atoms with Gasteiger partial charge in [0.1, 0.15) is 16.7 Å². The van der Waals surface area contributed by atoms with Gasteiger partial charge in [0.25, 0.3) is 0 Å². The minimum absolute atomic E-state index is 0.222. The summed E-state index contributed by atoms with van der Waals surface area (Å²) in [5.41, 5.74) is -1.56. The van der Waals surface area contributed by atoms with Crippen LogP contribution >= 0.6 is 32.0 Å². The molecule has 168 valence electrons. The summed E-state index contributed by atoms with van der Waals surface area (Å²) in [6.45, 7) is 0. The standard InChI is InChI=1S/C21H25O7PS2/c1-25-20(22)18(19(21(23)26-2)31-15-9-14-30)29(24,27-16-10-5-3-6-11-16)28-17-12-7-4-8-13-17/h3-8,10-13,18-19,30H,9,14-15H2,1-2H3. The van der Waals surface area contributed by atoms with E-state index >= 15 is 0 Å². The zero-order valence-electron chi connectivity index (χ0n) is 17.2. The van der Waals surface area contributed by atoms with Gasteiger partial charge in [-0.3, -0.25) is 9.59 Å². The molecule has 0 bridgehead atoms. The zero-order valence-corrected chi connectivity index (χ0v) is 19.8. The number of esters is 2. The molecule has 0 aliphatic carbocycles. The summed E-state index contributed by atoms with van der Waals surface area (Å²) in [5.74, 6) is -0.119. The quantitative estimate of drug-likeness (QED) is 0.204. The van der Waals surface area contributed by atoms with Crippen LogP contribution in [0.3, 0.4) is 0 Å². The molecule has 2 atom stereocenters. The maximum Gasteiger partial charge on any atom is 0.446 e. The highest BCUT2D eigenvalue weighted by Gasteiger charge is 2.53. The van der Waals surface area contributed by atoms with Gasteiger partial charge in [-0.1, -0.05) is 36.4 Å². The van der Waals surface area contributed by atoms with Crippen molar-refractivity contribution in [1.29, 1.82) is 0 Å². The summed E-state index contributed by atoms with van der Waals surface area (Å²) in [4.78, 5) is 25.5. The first-order valence-electron chi connectivity index (χ1n) is 9.42. The lowest BCUT2D eigenvalue weighted by Gasteiger charge is -2.29. The number of methoxy groups -OCH3 is 2. The highest BCUT2D eigenvalue weighted by molar-refractivity contribution is 8.01. The van der Waals surface area contributed by atoms with Gasteiger partial charge >= 0.3 is 19.5 Å². The van der Waals surface area contributed by atoms with E-state index in [4.69, 9.17) is 18.5 Å². The van der Waals surface area contributed by atoms with Gasteiger partial charge in [0.15, 0.2) is 0 Å². The van der Waals surface area contributed by atoms with Crippen LogP contribution in [0.5, 0.6) is 11.5 Å². The number of para-hydroxylation sites is 2. The summed E-state index contributed by atoms with van der Waals surface area (Å²) in [6.07, 6.45) is 0.665. The lowest BCUT2D eigenvalue weighted by molar-refractivity contribution is -0.146. The van der Waals surface area contributed by atoms with Gasteiger partial charge in [0, 0.05) is 0 Å². The fourth-order valence-corrected chi connectivity index (χ4v) is 6.69. The van der Waals surface area contributed by atoms with Crippen molar-refractivity contribution in [1.82, 2.24) is 0 Å². The third-order valence-electron chi connectivity index (χ3n) is 4.06. The second kappa shape index (κ2) is 12.7. The van der Waals surface area contributed by atoms with Gasteiger partial charge in [-0.2, -0.15) is 12.6 Å². The van der Waals surface area contributed by atoms with Gasteiger partial charge in [-0.15, -0.1) is 11.8 Å². The van der Waals surface area contributed by atoms with Crippen molar-refractivity contribution in [2.45, 2.75) is 17.3 Å². The maximum absolute atomic E-state index is 14.2. The van der Waals surface area contributed by atoms with E-state index in [1.54, 1.807) is 60.7 Å². The number of benzene rings is 2. The SMILES string of the molecule is COC(=O)C(SCCCS)C(C(=O)OC)P(=O)(Oc1ccccc1)Oc1ccccc1. The molecular formula is C21H25O7PS2. The summed E-state index contributed by atoms with van der Waals surface area (Å²) in [5, 5.41) is -1.17. The van der Waals surface area contributed by atoms with Crippen LogP contribution in [0.2, 0.25) is 0 Å². The predicted molar refractivity (Wildman–Crippen MR) is 124 cm³/mol. The molecule has 0 aliphatic heterocycles. The Morgan fingerprint density at radius 3 is 1.81 bits per heavy atom. The second-order valence-corrected chi connectivity index (χ2v) is 9.91. The number of ether oxygens (including phenoxy) is 2. The van der Waals surface area contributed by atoms with Gasteiger partial charge in [0.05, 0.1) is 14.2 Å². The number of thioether (sulfide) groups is 1. The van der Waals surface area contributed by atoms with E-state index in [1.165, 1.54) is 7.11 Å². The monoisotopic (exact) mass is 484 g/mol. The molecule has 10 heteroatoms. The highest BCUT2D eigenvalue weighted by Crippen LogP contribution is 2.56. The minimum atomic E-state index is -4.33. The van der Waals surface area contributed by atoms with Crippen LogP contribution < -0.4 is 9.05 Å². The van der Waals surface area contributed by atoms with E-state index < -0.39 is 30.4 Å². The largest absolute Gasteiger partial charge is 0.468 e. The molecule has 2 aromatic carbocycles. The number of carbonyl (C=O) groups is 2. The van der Waals surface area contributed by atoms with E-state index in [0.29, 0.717) is 17.9 Å². The molecule has 2 rings (SSSR count). The van der Waals surface area contributed by atoms with Gasteiger partial charge in [0.2, 0.25) is 5.66 Å². The topological polar surface area (TPSA) is 88.1 Å². The maximum atomic E-state index is 14.2. The van der Waals surface area contributed by atoms with Crippen LogP contribution in [0.4, 0.5) is 0 Å². The molecule has 0 amide bonds. The van der Waals surface area contributed by atoms with Crippen molar-refractivity contribution < 1.29 is 32.7 Å². The molecule has 31 heavy (non-hydrogen) atoms. The number of hydrogen-bond donors (Lipinski definition) is 1. The van der Waals surface area contributed by atoms with Gasteiger partial charge in [-0.05, 0) is 42.2 Å². The molecule has 2 unspecified atom stereocenters. The zero-order chi connectivity index (χ0) is 22.7. The number of carbonyl (C=O) groups excluding carboxylic acids is 2. The first-order chi connectivity index (χ1) is 14.9. The molecule has 7 nitrogen and oxygen atoms in total. The molecule has 2 aromatic rings. The average molecular weight is 485 g/mol. The van der Waals surface area contributed by atoms with Crippen molar-refractivity contribution in [2.24, 2.45) is 0 Å². The lowest BCUT2D eigenvalue weighted by Crippen LogP contribution is -2.41. The number of thiol groups is 1. The number of hydrogen-bond acceptors (Lipinski definition) is 9. The molecule has 0 saturated heterocycles. The van der Waals surface area contributed by atoms with Crippen LogP contribution in [0.1, 0.15) is 6.42 Å². The second-order valence-electron chi connectivity index (χ2n) is 6.21. The van der Waals surface area contributed by atoms with Crippen molar-refractivity contribution in [3.05, 3.63) is 60.7 Å². The molecule has 0 spiro atoms. The first-order valence-corrected chi connectivity index (χ1v) is 12.7. The van der Waals surface area contributed by atoms with Gasteiger partial charge < -0.3 is 18.5 Å². The Bertz CT molecular complexity index is 834. The summed E-state index contributed by atoms with van der Waals surface area (Å²) in [7, 11) is -1.98. The van der Waals surface area contributed by atoms with Gasteiger partial charge in [-0.25, -0.2) is 4.57 Å². The first kappa shape index (κ1) is 25.2. The third kappa shape index (κ3) is 7.23. The number of rotatable bonds is 12. The van der Waals surface area contributed by atoms with E-state index in [1.807, 2.05) is 0 Å². The van der Waals surface area contributed by atoms with Crippen LogP contribution in [-0.4, -0.2) is 48.6 Å². The van der Waals surface area contributed by atoms with Crippen LogP contribution in [0.25, 0.3) is 0 Å². The van der Waals surface area contributed by atoms with Crippen molar-refractivity contribution in [3.63, 3.8) is 0 Å². The predicted octanol–water partition coefficient (Wildman–Crippen LogP) is 4.47. The Morgan fingerprint density at radius 1 is 0.903 bits per heavy atom. The van der Waals surface area contributed by atoms with E-state index in [9.17, 15) is 14.2 Å². The van der Waals surface area contributed by atoms with Crippen molar-refractivity contribution in [2.75, 3.05) is 25.7 Å². The molecule has 0 N–H and O–H groups in total. The Balaban J connectivity index is 2.54. The fourth-order valence-electron chi connectivity index (χ4n) is 2.61. The molecule has 0 saturated carbocycles. The van der Waals surface area contributed by atoms with E-state index in [0.717, 1.165) is 18.9 Å². The van der Waals surface area contributed by atoms with E-state index in [2.05, 4.69) is 12.6 Å². The molecular weight excluding hydrogens is 459 g/mol. The Kier molecular flexibility index (Phi) is 10.3. The third-order valence-corrected chi connectivity index (χ3v) is 8.04. The fraction of sp³-hybridized carbons (Fsp3) is 0.333. The Hall–Kier alpha value is -2.09. The highest BCUT2D eigenvalue weighted by atomic mass is 32.2. The molecule has 0 aliphatic rings. The molecule has 0 fully saturated rings. The molecule has 0 heterocycles.